The number of aromatic nitrogens is 2. The lowest BCUT2D eigenvalue weighted by Crippen LogP contribution is -2.06. The number of esters is 1. The second-order valence-corrected chi connectivity index (χ2v) is 5.43. The summed E-state index contributed by atoms with van der Waals surface area (Å²) >= 11 is 5.91. The Labute approximate surface area is 137 Å². The number of rotatable bonds is 3. The van der Waals surface area contributed by atoms with E-state index in [0.717, 1.165) is 5.69 Å². The summed E-state index contributed by atoms with van der Waals surface area (Å²) in [5.41, 5.74) is 3.06. The second kappa shape index (κ2) is 5.89. The molecule has 1 aliphatic heterocycles. The predicted octanol–water partition coefficient (Wildman–Crippen LogP) is 3.04. The van der Waals surface area contributed by atoms with Crippen molar-refractivity contribution < 1.29 is 14.3 Å². The van der Waals surface area contributed by atoms with E-state index in [-0.39, 0.29) is 12.5 Å². The number of hydrogen-bond acceptors (Lipinski definition) is 4. The number of nitrogens with one attached hydrogen (secondary N) is 2. The number of carbonyl (C=O) groups excluding carboxylic acids is 2. The van der Waals surface area contributed by atoms with E-state index in [0.29, 0.717) is 33.4 Å². The minimum atomic E-state index is -0.443. The van der Waals surface area contributed by atoms with Gasteiger partial charge in [-0.15, -0.1) is 0 Å². The van der Waals surface area contributed by atoms with Crippen LogP contribution < -0.4 is 5.32 Å². The Bertz CT molecular complexity index is 839. The molecule has 0 fully saturated rings. The van der Waals surface area contributed by atoms with E-state index in [1.165, 1.54) is 0 Å². The highest BCUT2D eigenvalue weighted by Gasteiger charge is 2.27. The first-order valence-electron chi connectivity index (χ1n) is 7.06. The summed E-state index contributed by atoms with van der Waals surface area (Å²) in [5.74, 6) is -0.738. The Balaban J connectivity index is 2.08. The summed E-state index contributed by atoms with van der Waals surface area (Å²) in [7, 11) is 0. The van der Waals surface area contributed by atoms with Crippen LogP contribution in [0.2, 0.25) is 5.15 Å². The fourth-order valence-corrected chi connectivity index (χ4v) is 2.57. The van der Waals surface area contributed by atoms with E-state index >= 15 is 0 Å². The lowest BCUT2D eigenvalue weighted by Gasteiger charge is -2.02. The second-order valence-electron chi connectivity index (χ2n) is 5.04. The lowest BCUT2D eigenvalue weighted by molar-refractivity contribution is -0.110. The van der Waals surface area contributed by atoms with Gasteiger partial charge in [-0.1, -0.05) is 11.6 Å². The molecule has 0 atom stereocenters. The van der Waals surface area contributed by atoms with Gasteiger partial charge in [0.05, 0.1) is 29.1 Å². The summed E-state index contributed by atoms with van der Waals surface area (Å²) in [5, 5.41) is 3.01. The number of hydrogen-bond donors (Lipinski definition) is 2. The molecule has 0 aliphatic carbocycles. The highest BCUT2D eigenvalue weighted by Crippen LogP contribution is 2.33. The lowest BCUT2D eigenvalue weighted by atomic mass is 10.1. The van der Waals surface area contributed by atoms with Crippen molar-refractivity contribution >= 4 is 40.8 Å². The van der Waals surface area contributed by atoms with Crippen LogP contribution >= 0.6 is 11.6 Å². The molecule has 1 amide bonds. The van der Waals surface area contributed by atoms with Gasteiger partial charge in [-0.3, -0.25) is 4.79 Å². The predicted molar refractivity (Wildman–Crippen MR) is 87.2 cm³/mol. The number of fused-ring (bicyclic) bond motifs is 1. The Morgan fingerprint density at radius 1 is 1.43 bits per heavy atom. The van der Waals surface area contributed by atoms with Gasteiger partial charge in [-0.05, 0) is 38.1 Å². The van der Waals surface area contributed by atoms with Gasteiger partial charge in [0.2, 0.25) is 0 Å². The average Bonchev–Trinajstić information content (AvgIpc) is 3.01. The number of pyridine rings is 1. The summed E-state index contributed by atoms with van der Waals surface area (Å²) in [6, 6.07) is 4.98. The number of amides is 1. The number of aromatic amines is 1. The molecule has 3 heterocycles. The van der Waals surface area contributed by atoms with E-state index in [2.05, 4.69) is 15.3 Å². The summed E-state index contributed by atoms with van der Waals surface area (Å²) in [6.45, 7) is 3.84. The van der Waals surface area contributed by atoms with Crippen LogP contribution in [0.3, 0.4) is 0 Å². The van der Waals surface area contributed by atoms with Gasteiger partial charge in [0.25, 0.3) is 5.91 Å². The number of ether oxygens (including phenoxy) is 1. The molecule has 2 aromatic heterocycles. The molecule has 0 aromatic carbocycles. The van der Waals surface area contributed by atoms with Gasteiger partial charge < -0.3 is 15.0 Å². The van der Waals surface area contributed by atoms with Crippen molar-refractivity contribution in [1.29, 1.82) is 0 Å². The minimum absolute atomic E-state index is 0.277. The molecule has 0 saturated carbocycles. The molecule has 6 nitrogen and oxygen atoms in total. The normalized spacial score (nSPS) is 14.7. The van der Waals surface area contributed by atoms with Crippen molar-refractivity contribution in [3.8, 4) is 0 Å². The third kappa shape index (κ3) is 2.85. The molecular formula is C16H14ClN3O3. The molecule has 0 saturated heterocycles. The third-order valence-electron chi connectivity index (χ3n) is 3.38. The quantitative estimate of drug-likeness (QED) is 0.514. The van der Waals surface area contributed by atoms with Crippen LogP contribution in [-0.2, 0) is 9.53 Å². The van der Waals surface area contributed by atoms with E-state index in [1.54, 1.807) is 31.2 Å². The van der Waals surface area contributed by atoms with Crippen LogP contribution in [0.1, 0.15) is 34.4 Å². The Morgan fingerprint density at radius 3 is 2.96 bits per heavy atom. The van der Waals surface area contributed by atoms with Gasteiger partial charge in [0, 0.05) is 5.69 Å². The number of nitrogens with zero attached hydrogens (tertiary/aromatic N) is 1. The van der Waals surface area contributed by atoms with Crippen LogP contribution in [0.25, 0.3) is 11.6 Å². The average molecular weight is 332 g/mol. The maximum absolute atomic E-state index is 12.2. The zero-order valence-corrected chi connectivity index (χ0v) is 13.3. The highest BCUT2D eigenvalue weighted by atomic mass is 35.5. The van der Waals surface area contributed by atoms with Gasteiger partial charge in [-0.2, -0.15) is 0 Å². The maximum atomic E-state index is 12.2. The number of carbonyl (C=O) groups is 2. The van der Waals surface area contributed by atoms with Crippen molar-refractivity contribution in [3.63, 3.8) is 0 Å². The third-order valence-corrected chi connectivity index (χ3v) is 3.59. The van der Waals surface area contributed by atoms with Crippen molar-refractivity contribution in [2.24, 2.45) is 0 Å². The number of aryl methyl sites for hydroxylation is 1. The highest BCUT2D eigenvalue weighted by molar-refractivity contribution is 6.35. The smallest absolute Gasteiger partial charge is 0.340 e. The van der Waals surface area contributed by atoms with Gasteiger partial charge in [0.15, 0.2) is 0 Å². The monoisotopic (exact) mass is 331 g/mol. The Hall–Kier alpha value is -2.60. The summed E-state index contributed by atoms with van der Waals surface area (Å²) < 4.78 is 5.04. The zero-order chi connectivity index (χ0) is 16.6. The van der Waals surface area contributed by atoms with Gasteiger partial charge in [0.1, 0.15) is 10.8 Å². The number of anilines is 1. The first kappa shape index (κ1) is 15.3. The van der Waals surface area contributed by atoms with E-state index in [1.807, 2.05) is 6.92 Å². The topological polar surface area (TPSA) is 84.1 Å². The zero-order valence-electron chi connectivity index (χ0n) is 12.6. The van der Waals surface area contributed by atoms with Crippen LogP contribution in [0, 0.1) is 6.92 Å². The van der Waals surface area contributed by atoms with Crippen LogP contribution in [0.5, 0.6) is 0 Å². The van der Waals surface area contributed by atoms with Crippen LogP contribution in [-0.4, -0.2) is 28.5 Å². The SMILES string of the molecule is CCOC(=O)c1cc(C)[nH]c1/C=C1\C(=O)Nc2ccc(Cl)nc21. The maximum Gasteiger partial charge on any atom is 0.340 e. The van der Waals surface area contributed by atoms with Crippen LogP contribution in [0.4, 0.5) is 5.69 Å². The summed E-state index contributed by atoms with van der Waals surface area (Å²) in [6.07, 6.45) is 1.59. The summed E-state index contributed by atoms with van der Waals surface area (Å²) in [4.78, 5) is 31.4. The van der Waals surface area contributed by atoms with E-state index in [9.17, 15) is 9.59 Å². The molecule has 23 heavy (non-hydrogen) atoms. The molecule has 1 aliphatic rings. The number of halogens is 1. The molecule has 0 unspecified atom stereocenters. The standard InChI is InChI=1S/C16H14ClN3O3/c1-3-23-16(22)9-6-8(2)18-12(9)7-10-14-11(19-15(10)21)4-5-13(17)20-14/h4-7,18H,3H2,1-2H3,(H,19,21)/b10-7-. The number of H-pyrrole nitrogens is 1. The molecule has 0 spiro atoms. The molecule has 118 valence electrons. The molecule has 2 N–H and O–H groups in total. The Morgan fingerprint density at radius 2 is 2.22 bits per heavy atom. The fourth-order valence-electron chi connectivity index (χ4n) is 2.42. The molecule has 0 bridgehead atoms. The molecule has 3 rings (SSSR count). The van der Waals surface area contributed by atoms with Crippen molar-refractivity contribution in [1.82, 2.24) is 9.97 Å². The van der Waals surface area contributed by atoms with Crippen molar-refractivity contribution in [2.45, 2.75) is 13.8 Å². The first-order valence-corrected chi connectivity index (χ1v) is 7.44. The first-order chi connectivity index (χ1) is 11.0. The van der Waals surface area contributed by atoms with Gasteiger partial charge in [-0.25, -0.2) is 9.78 Å². The molecule has 0 radical (unpaired) electrons. The van der Waals surface area contributed by atoms with E-state index < -0.39 is 5.97 Å². The fraction of sp³-hybridized carbons (Fsp3) is 0.188. The van der Waals surface area contributed by atoms with E-state index in [4.69, 9.17) is 16.3 Å². The van der Waals surface area contributed by atoms with Crippen molar-refractivity contribution in [3.05, 3.63) is 46.0 Å². The van der Waals surface area contributed by atoms with Crippen LogP contribution in [0.15, 0.2) is 18.2 Å². The molecular weight excluding hydrogens is 318 g/mol. The van der Waals surface area contributed by atoms with Crippen molar-refractivity contribution in [2.75, 3.05) is 11.9 Å². The van der Waals surface area contributed by atoms with Gasteiger partial charge >= 0.3 is 5.97 Å². The minimum Gasteiger partial charge on any atom is -0.462 e. The largest absolute Gasteiger partial charge is 0.462 e. The molecule has 7 heteroatoms. The molecule has 2 aromatic rings. The Kier molecular flexibility index (Phi) is 3.92.